The number of anilines is 1. The highest BCUT2D eigenvalue weighted by Crippen LogP contribution is 2.33. The van der Waals surface area contributed by atoms with E-state index >= 15 is 0 Å². The SMILES string of the molecule is O=C1C(=O)N(C(F)F)c2ccc(Cl)cc21. The molecule has 78 valence electrons. The molecule has 1 amide bonds. The summed E-state index contributed by atoms with van der Waals surface area (Å²) >= 11 is 5.59. The first-order valence-electron chi connectivity index (χ1n) is 3.98. The molecule has 2 rings (SSSR count). The minimum absolute atomic E-state index is 0.0761. The van der Waals surface area contributed by atoms with Crippen molar-refractivity contribution in [2.75, 3.05) is 4.90 Å². The van der Waals surface area contributed by atoms with Gasteiger partial charge in [-0.05, 0) is 18.2 Å². The zero-order valence-corrected chi connectivity index (χ0v) is 7.96. The highest BCUT2D eigenvalue weighted by atomic mass is 35.5. The Balaban J connectivity index is 2.60. The largest absolute Gasteiger partial charge is 0.321 e. The molecule has 0 aromatic heterocycles. The number of hydrogen-bond donors (Lipinski definition) is 0. The second kappa shape index (κ2) is 3.27. The number of halogens is 3. The van der Waals surface area contributed by atoms with E-state index in [4.69, 9.17) is 11.6 Å². The second-order valence-electron chi connectivity index (χ2n) is 2.94. The molecule has 3 nitrogen and oxygen atoms in total. The predicted molar refractivity (Wildman–Crippen MR) is 49.3 cm³/mol. The Morgan fingerprint density at radius 1 is 1.27 bits per heavy atom. The Morgan fingerprint density at radius 2 is 1.93 bits per heavy atom. The monoisotopic (exact) mass is 231 g/mol. The van der Waals surface area contributed by atoms with Crippen LogP contribution in [0.2, 0.25) is 5.02 Å². The number of nitrogens with zero attached hydrogens (tertiary/aromatic N) is 1. The molecule has 1 aromatic carbocycles. The summed E-state index contributed by atoms with van der Waals surface area (Å²) in [5.41, 5.74) is -0.169. The van der Waals surface area contributed by atoms with Gasteiger partial charge in [0.15, 0.2) is 0 Å². The lowest BCUT2D eigenvalue weighted by Gasteiger charge is -2.14. The molecule has 1 aliphatic rings. The summed E-state index contributed by atoms with van der Waals surface area (Å²) in [4.78, 5) is 22.6. The van der Waals surface area contributed by atoms with Crippen LogP contribution in [0.25, 0.3) is 0 Å². The lowest BCUT2D eigenvalue weighted by atomic mass is 10.1. The molecule has 1 aromatic rings. The maximum Gasteiger partial charge on any atom is 0.321 e. The smallest absolute Gasteiger partial charge is 0.283 e. The summed E-state index contributed by atoms with van der Waals surface area (Å²) in [7, 11) is 0. The summed E-state index contributed by atoms with van der Waals surface area (Å²) in [6, 6.07) is 3.79. The average Bonchev–Trinajstić information content (AvgIpc) is 2.41. The van der Waals surface area contributed by atoms with Gasteiger partial charge in [-0.2, -0.15) is 8.78 Å². The van der Waals surface area contributed by atoms with Crippen molar-refractivity contribution >= 4 is 29.0 Å². The highest BCUT2D eigenvalue weighted by molar-refractivity contribution is 6.52. The Kier molecular flexibility index (Phi) is 2.19. The van der Waals surface area contributed by atoms with Gasteiger partial charge in [-0.3, -0.25) is 9.59 Å². The van der Waals surface area contributed by atoms with E-state index in [0.29, 0.717) is 0 Å². The van der Waals surface area contributed by atoms with Gasteiger partial charge < -0.3 is 0 Å². The maximum absolute atomic E-state index is 12.5. The summed E-state index contributed by atoms with van der Waals surface area (Å²) in [6.45, 7) is -3.02. The minimum atomic E-state index is -3.02. The predicted octanol–water partition coefficient (Wildman–Crippen LogP) is 2.09. The van der Waals surface area contributed by atoms with E-state index in [-0.39, 0.29) is 21.2 Å². The summed E-state index contributed by atoms with van der Waals surface area (Å²) < 4.78 is 24.9. The molecule has 0 atom stereocenters. The lowest BCUT2D eigenvalue weighted by molar-refractivity contribution is -0.116. The molecule has 0 unspecified atom stereocenters. The molecule has 6 heteroatoms. The van der Waals surface area contributed by atoms with Crippen molar-refractivity contribution in [3.05, 3.63) is 28.8 Å². The third-order valence-corrected chi connectivity index (χ3v) is 2.31. The fraction of sp³-hybridized carbons (Fsp3) is 0.111. The Bertz CT molecular complexity index is 461. The number of carbonyl (C=O) groups is 2. The number of alkyl halides is 2. The normalized spacial score (nSPS) is 15.1. The van der Waals surface area contributed by atoms with Gasteiger partial charge in [-0.25, -0.2) is 4.90 Å². The number of amides is 1. The van der Waals surface area contributed by atoms with Crippen LogP contribution in [0.15, 0.2) is 18.2 Å². The van der Waals surface area contributed by atoms with Crippen LogP contribution in [0.1, 0.15) is 10.4 Å². The molecule has 0 fully saturated rings. The maximum atomic E-state index is 12.5. The van der Waals surface area contributed by atoms with Crippen LogP contribution < -0.4 is 4.90 Å². The van der Waals surface area contributed by atoms with Crippen molar-refractivity contribution in [3.63, 3.8) is 0 Å². The first kappa shape index (κ1) is 10.0. The summed E-state index contributed by atoms with van der Waals surface area (Å²) in [5.74, 6) is -2.17. The molecule has 15 heavy (non-hydrogen) atoms. The van der Waals surface area contributed by atoms with Crippen molar-refractivity contribution in [1.82, 2.24) is 0 Å². The molecule has 0 bridgehead atoms. The van der Waals surface area contributed by atoms with Crippen LogP contribution in [0.5, 0.6) is 0 Å². The molecule has 0 saturated heterocycles. The minimum Gasteiger partial charge on any atom is -0.283 e. The summed E-state index contributed by atoms with van der Waals surface area (Å²) in [5, 5.41) is 0.228. The number of benzene rings is 1. The Hall–Kier alpha value is -1.49. The van der Waals surface area contributed by atoms with Crippen molar-refractivity contribution < 1.29 is 18.4 Å². The molecule has 1 aliphatic heterocycles. The van der Waals surface area contributed by atoms with E-state index in [1.54, 1.807) is 0 Å². The lowest BCUT2D eigenvalue weighted by Crippen LogP contribution is -2.34. The van der Waals surface area contributed by atoms with Crippen LogP contribution in [0.3, 0.4) is 0 Å². The first-order chi connectivity index (χ1) is 7.02. The standard InChI is InChI=1S/C9H4ClF2NO2/c10-4-1-2-6-5(3-4)7(14)8(15)13(6)9(11)12/h1-3,9H. The van der Waals surface area contributed by atoms with Crippen LogP contribution in [-0.2, 0) is 4.79 Å². The van der Waals surface area contributed by atoms with Gasteiger partial charge in [0.05, 0.1) is 11.3 Å². The quantitative estimate of drug-likeness (QED) is 0.548. The van der Waals surface area contributed by atoms with E-state index < -0.39 is 18.2 Å². The van der Waals surface area contributed by atoms with E-state index in [1.165, 1.54) is 18.2 Å². The van der Waals surface area contributed by atoms with Gasteiger partial charge in [-0.15, -0.1) is 0 Å². The van der Waals surface area contributed by atoms with Crippen molar-refractivity contribution in [2.45, 2.75) is 6.55 Å². The van der Waals surface area contributed by atoms with Gasteiger partial charge in [0, 0.05) is 5.02 Å². The van der Waals surface area contributed by atoms with Crippen molar-refractivity contribution in [2.24, 2.45) is 0 Å². The molecule has 0 radical (unpaired) electrons. The van der Waals surface area contributed by atoms with Gasteiger partial charge >= 0.3 is 12.5 Å². The molecule has 0 saturated carbocycles. The number of hydrogen-bond acceptors (Lipinski definition) is 2. The fourth-order valence-corrected chi connectivity index (χ4v) is 1.60. The topological polar surface area (TPSA) is 37.4 Å². The number of rotatable bonds is 1. The summed E-state index contributed by atoms with van der Waals surface area (Å²) in [6.07, 6.45) is 0. The van der Waals surface area contributed by atoms with Gasteiger partial charge in [0.25, 0.3) is 5.78 Å². The molecular weight excluding hydrogens is 228 g/mol. The average molecular weight is 232 g/mol. The Morgan fingerprint density at radius 3 is 2.53 bits per heavy atom. The number of fused-ring (bicyclic) bond motifs is 1. The zero-order valence-electron chi connectivity index (χ0n) is 7.21. The number of Topliss-reactive ketones (excluding diaryl/α,β-unsaturated/α-hetero) is 1. The third-order valence-electron chi connectivity index (χ3n) is 2.07. The van der Waals surface area contributed by atoms with Crippen molar-refractivity contribution in [3.8, 4) is 0 Å². The first-order valence-corrected chi connectivity index (χ1v) is 4.36. The van der Waals surface area contributed by atoms with Crippen LogP contribution in [-0.4, -0.2) is 18.2 Å². The second-order valence-corrected chi connectivity index (χ2v) is 3.38. The van der Waals surface area contributed by atoms with E-state index in [0.717, 1.165) is 0 Å². The molecule has 1 heterocycles. The van der Waals surface area contributed by atoms with E-state index in [2.05, 4.69) is 0 Å². The highest BCUT2D eigenvalue weighted by Gasteiger charge is 2.40. The van der Waals surface area contributed by atoms with Gasteiger partial charge in [-0.1, -0.05) is 11.6 Å². The molecule has 0 spiro atoms. The fourth-order valence-electron chi connectivity index (χ4n) is 1.43. The molecule has 0 N–H and O–H groups in total. The van der Waals surface area contributed by atoms with E-state index in [9.17, 15) is 18.4 Å². The van der Waals surface area contributed by atoms with Crippen LogP contribution >= 0.6 is 11.6 Å². The van der Waals surface area contributed by atoms with Gasteiger partial charge in [0.1, 0.15) is 0 Å². The van der Waals surface area contributed by atoms with Crippen molar-refractivity contribution in [1.29, 1.82) is 0 Å². The van der Waals surface area contributed by atoms with Crippen LogP contribution in [0, 0.1) is 0 Å². The number of carbonyl (C=O) groups excluding carboxylic acids is 2. The molecular formula is C9H4ClF2NO2. The number of ketones is 1. The Labute approximate surface area is 88.2 Å². The molecule has 0 aliphatic carbocycles. The van der Waals surface area contributed by atoms with Gasteiger partial charge in [0.2, 0.25) is 0 Å². The van der Waals surface area contributed by atoms with Crippen LogP contribution in [0.4, 0.5) is 14.5 Å². The van der Waals surface area contributed by atoms with E-state index in [1.807, 2.05) is 0 Å². The third kappa shape index (κ3) is 1.39. The zero-order chi connectivity index (χ0) is 11.2.